The molecule has 0 aliphatic heterocycles. The number of hydrogen-bond acceptors (Lipinski definition) is 3. The van der Waals surface area contributed by atoms with Crippen LogP contribution in [0.1, 0.15) is 24.0 Å². The molecule has 0 spiro atoms. The van der Waals surface area contributed by atoms with Crippen molar-refractivity contribution in [1.82, 2.24) is 0 Å². The first-order valence-corrected chi connectivity index (χ1v) is 7.32. The minimum atomic E-state index is 0.299. The van der Waals surface area contributed by atoms with Crippen molar-refractivity contribution in [2.75, 3.05) is 20.3 Å². The first-order chi connectivity index (χ1) is 10.3. The second-order valence-electron chi connectivity index (χ2n) is 4.99. The molecule has 1 unspecified atom stereocenters. The molecule has 3 heteroatoms. The summed E-state index contributed by atoms with van der Waals surface area (Å²) in [6, 6.07) is 16.4. The summed E-state index contributed by atoms with van der Waals surface area (Å²) in [6.45, 7) is 3.29. The van der Waals surface area contributed by atoms with E-state index in [-0.39, 0.29) is 0 Å². The Morgan fingerprint density at radius 3 is 2.43 bits per heavy atom. The summed E-state index contributed by atoms with van der Waals surface area (Å²) in [6.07, 6.45) is 0.906. The Morgan fingerprint density at radius 1 is 1.05 bits per heavy atom. The highest BCUT2D eigenvalue weighted by atomic mass is 16.5. The monoisotopic (exact) mass is 285 g/mol. The van der Waals surface area contributed by atoms with Gasteiger partial charge in [-0.2, -0.15) is 0 Å². The van der Waals surface area contributed by atoms with Crippen LogP contribution in [0, 0.1) is 0 Å². The molecule has 0 amide bonds. The van der Waals surface area contributed by atoms with Gasteiger partial charge in [0, 0.05) is 5.92 Å². The van der Waals surface area contributed by atoms with Crippen LogP contribution in [-0.4, -0.2) is 20.3 Å². The van der Waals surface area contributed by atoms with E-state index in [1.807, 2.05) is 31.2 Å². The summed E-state index contributed by atoms with van der Waals surface area (Å²) >= 11 is 0. The normalized spacial score (nSPS) is 12.0. The largest absolute Gasteiger partial charge is 0.497 e. The maximum absolute atomic E-state index is 5.96. The van der Waals surface area contributed by atoms with Crippen LogP contribution in [0.25, 0.3) is 0 Å². The fourth-order valence-electron chi connectivity index (χ4n) is 2.43. The van der Waals surface area contributed by atoms with Gasteiger partial charge >= 0.3 is 0 Å². The van der Waals surface area contributed by atoms with E-state index < -0.39 is 0 Å². The van der Waals surface area contributed by atoms with E-state index in [1.54, 1.807) is 7.11 Å². The molecular weight excluding hydrogens is 262 g/mol. The lowest BCUT2D eigenvalue weighted by Gasteiger charge is -2.16. The van der Waals surface area contributed by atoms with Crippen LogP contribution in [0.3, 0.4) is 0 Å². The Hall–Kier alpha value is -2.00. The molecule has 0 aliphatic rings. The van der Waals surface area contributed by atoms with E-state index in [9.17, 15) is 0 Å². The standard InChI is InChI=1S/C18H23NO2/c1-3-21-18-6-4-5-14(12-18)11-16(13-19)15-7-9-17(20-2)10-8-15/h4-10,12,16H,3,11,13,19H2,1-2H3. The number of nitrogens with two attached hydrogens (primary N) is 1. The van der Waals surface area contributed by atoms with E-state index in [2.05, 4.69) is 24.3 Å². The van der Waals surface area contributed by atoms with Crippen molar-refractivity contribution >= 4 is 0 Å². The second kappa shape index (κ2) is 7.70. The highest BCUT2D eigenvalue weighted by Gasteiger charge is 2.11. The lowest BCUT2D eigenvalue weighted by atomic mass is 9.92. The quantitative estimate of drug-likeness (QED) is 0.848. The zero-order valence-electron chi connectivity index (χ0n) is 12.7. The fraction of sp³-hybridized carbons (Fsp3) is 0.333. The van der Waals surface area contributed by atoms with E-state index in [1.165, 1.54) is 11.1 Å². The van der Waals surface area contributed by atoms with Crippen LogP contribution in [0.2, 0.25) is 0 Å². The molecule has 0 saturated heterocycles. The van der Waals surface area contributed by atoms with Gasteiger partial charge in [-0.15, -0.1) is 0 Å². The Morgan fingerprint density at radius 2 is 1.81 bits per heavy atom. The van der Waals surface area contributed by atoms with Gasteiger partial charge in [0.2, 0.25) is 0 Å². The molecule has 21 heavy (non-hydrogen) atoms. The van der Waals surface area contributed by atoms with Crippen LogP contribution in [0.5, 0.6) is 11.5 Å². The molecular formula is C18H23NO2. The third kappa shape index (κ3) is 4.23. The molecule has 0 bridgehead atoms. The predicted octanol–water partition coefficient (Wildman–Crippen LogP) is 3.38. The minimum Gasteiger partial charge on any atom is -0.497 e. The van der Waals surface area contributed by atoms with Crippen LogP contribution in [0.15, 0.2) is 48.5 Å². The summed E-state index contributed by atoms with van der Waals surface area (Å²) in [4.78, 5) is 0. The SMILES string of the molecule is CCOc1cccc(CC(CN)c2ccc(OC)cc2)c1. The first kappa shape index (κ1) is 15.4. The summed E-state index contributed by atoms with van der Waals surface area (Å²) in [5, 5.41) is 0. The number of methoxy groups -OCH3 is 1. The van der Waals surface area contributed by atoms with Crippen molar-refractivity contribution < 1.29 is 9.47 Å². The van der Waals surface area contributed by atoms with Gasteiger partial charge in [-0.3, -0.25) is 0 Å². The van der Waals surface area contributed by atoms with E-state index >= 15 is 0 Å². The summed E-state index contributed by atoms with van der Waals surface area (Å²) in [7, 11) is 1.68. The maximum Gasteiger partial charge on any atom is 0.119 e. The fourth-order valence-corrected chi connectivity index (χ4v) is 2.43. The Labute approximate surface area is 126 Å². The van der Waals surface area contributed by atoms with Gasteiger partial charge in [0.1, 0.15) is 11.5 Å². The molecule has 0 saturated carbocycles. The van der Waals surface area contributed by atoms with Gasteiger partial charge in [-0.1, -0.05) is 24.3 Å². The molecule has 2 rings (SSSR count). The molecule has 0 fully saturated rings. The number of ether oxygens (including phenoxy) is 2. The lowest BCUT2D eigenvalue weighted by molar-refractivity contribution is 0.340. The summed E-state index contributed by atoms with van der Waals surface area (Å²) in [5.74, 6) is 2.08. The zero-order chi connectivity index (χ0) is 15.1. The van der Waals surface area contributed by atoms with Crippen LogP contribution < -0.4 is 15.2 Å². The summed E-state index contributed by atoms with van der Waals surface area (Å²) < 4.78 is 10.7. The Kier molecular flexibility index (Phi) is 5.64. The highest BCUT2D eigenvalue weighted by molar-refractivity contribution is 5.33. The lowest BCUT2D eigenvalue weighted by Crippen LogP contribution is -2.15. The number of hydrogen-bond donors (Lipinski definition) is 1. The van der Waals surface area contributed by atoms with Gasteiger partial charge in [0.25, 0.3) is 0 Å². The van der Waals surface area contributed by atoms with Crippen LogP contribution in [-0.2, 0) is 6.42 Å². The third-order valence-corrected chi connectivity index (χ3v) is 3.56. The minimum absolute atomic E-state index is 0.299. The van der Waals surface area contributed by atoms with Crippen LogP contribution in [0.4, 0.5) is 0 Å². The van der Waals surface area contributed by atoms with E-state index in [0.717, 1.165) is 17.9 Å². The van der Waals surface area contributed by atoms with Crippen molar-refractivity contribution in [2.45, 2.75) is 19.3 Å². The number of benzene rings is 2. The van der Waals surface area contributed by atoms with E-state index in [4.69, 9.17) is 15.2 Å². The average molecular weight is 285 g/mol. The van der Waals surface area contributed by atoms with Crippen LogP contribution >= 0.6 is 0 Å². The Bertz CT molecular complexity index is 551. The molecule has 0 aliphatic carbocycles. The van der Waals surface area contributed by atoms with Crippen molar-refractivity contribution in [3.8, 4) is 11.5 Å². The summed E-state index contributed by atoms with van der Waals surface area (Å²) in [5.41, 5.74) is 8.44. The van der Waals surface area contributed by atoms with E-state index in [0.29, 0.717) is 19.1 Å². The molecule has 2 aromatic carbocycles. The van der Waals surface area contributed by atoms with Gasteiger partial charge in [-0.05, 0) is 55.3 Å². The van der Waals surface area contributed by atoms with Crippen molar-refractivity contribution in [3.05, 3.63) is 59.7 Å². The second-order valence-corrected chi connectivity index (χ2v) is 4.99. The predicted molar refractivity (Wildman–Crippen MR) is 86.1 cm³/mol. The topological polar surface area (TPSA) is 44.5 Å². The molecule has 1 atom stereocenters. The molecule has 0 radical (unpaired) electrons. The molecule has 2 N–H and O–H groups in total. The van der Waals surface area contributed by atoms with Gasteiger partial charge < -0.3 is 15.2 Å². The van der Waals surface area contributed by atoms with Gasteiger partial charge in [0.15, 0.2) is 0 Å². The van der Waals surface area contributed by atoms with Crippen molar-refractivity contribution in [1.29, 1.82) is 0 Å². The smallest absolute Gasteiger partial charge is 0.119 e. The third-order valence-electron chi connectivity index (χ3n) is 3.56. The maximum atomic E-state index is 5.96. The molecule has 112 valence electrons. The molecule has 0 aromatic heterocycles. The average Bonchev–Trinajstić information content (AvgIpc) is 2.53. The molecule has 0 heterocycles. The first-order valence-electron chi connectivity index (χ1n) is 7.32. The van der Waals surface area contributed by atoms with Crippen molar-refractivity contribution in [2.24, 2.45) is 5.73 Å². The zero-order valence-corrected chi connectivity index (χ0v) is 12.7. The molecule has 3 nitrogen and oxygen atoms in total. The highest BCUT2D eigenvalue weighted by Crippen LogP contribution is 2.24. The molecule has 2 aromatic rings. The van der Waals surface area contributed by atoms with Gasteiger partial charge in [0.05, 0.1) is 13.7 Å². The number of rotatable bonds is 7. The Balaban J connectivity index is 2.12. The van der Waals surface area contributed by atoms with Gasteiger partial charge in [-0.25, -0.2) is 0 Å². The van der Waals surface area contributed by atoms with Crippen molar-refractivity contribution in [3.63, 3.8) is 0 Å².